The maximum Gasteiger partial charge on any atom is 0.433 e. The van der Waals surface area contributed by atoms with Crippen molar-refractivity contribution >= 4 is 11.8 Å². The number of halogens is 3. The van der Waals surface area contributed by atoms with Crippen LogP contribution >= 0.6 is 11.8 Å². The Morgan fingerprint density at radius 3 is 2.65 bits per heavy atom. The smallest absolute Gasteiger partial charge is 0.264 e. The van der Waals surface area contributed by atoms with Crippen molar-refractivity contribution in [1.29, 1.82) is 0 Å². The molecule has 0 atom stereocenters. The molecule has 3 aromatic rings. The fraction of sp³-hybridized carbons (Fsp3) is 0.167. The molecule has 118 valence electrons. The summed E-state index contributed by atoms with van der Waals surface area (Å²) in [5.41, 5.74) is -0.652. The number of aromatic nitrogens is 7. The van der Waals surface area contributed by atoms with E-state index in [1.54, 1.807) is 19.2 Å². The third-order valence-corrected chi connectivity index (χ3v) is 3.64. The number of nitrogens with zero attached hydrogens (tertiary/aromatic N) is 7. The van der Waals surface area contributed by atoms with Gasteiger partial charge in [0.05, 0.1) is 0 Å². The molecule has 0 N–H and O–H groups in total. The Hall–Kier alpha value is -2.56. The minimum Gasteiger partial charge on any atom is -0.264 e. The second kappa shape index (κ2) is 5.91. The summed E-state index contributed by atoms with van der Waals surface area (Å²) in [6.07, 6.45) is -1.68. The summed E-state index contributed by atoms with van der Waals surface area (Å²) in [7, 11) is 1.58. The normalized spacial score (nSPS) is 11.7. The van der Waals surface area contributed by atoms with Crippen molar-refractivity contribution in [3.63, 3.8) is 0 Å². The number of tetrazole rings is 1. The molecule has 0 saturated heterocycles. The highest BCUT2D eigenvalue weighted by atomic mass is 32.2. The SMILES string of the molecule is Cn1nnnc1Sc1cc(C(F)(F)F)nc(-c2cccnc2)n1. The van der Waals surface area contributed by atoms with E-state index in [-0.39, 0.29) is 10.9 Å². The van der Waals surface area contributed by atoms with E-state index in [4.69, 9.17) is 0 Å². The van der Waals surface area contributed by atoms with Crippen LogP contribution in [0.15, 0.2) is 40.8 Å². The van der Waals surface area contributed by atoms with Gasteiger partial charge < -0.3 is 0 Å². The lowest BCUT2D eigenvalue weighted by molar-refractivity contribution is -0.141. The molecule has 0 saturated carbocycles. The molecular weight excluding hydrogens is 331 g/mol. The minimum atomic E-state index is -4.59. The highest BCUT2D eigenvalue weighted by molar-refractivity contribution is 7.99. The van der Waals surface area contributed by atoms with Crippen molar-refractivity contribution in [2.45, 2.75) is 16.4 Å². The lowest BCUT2D eigenvalue weighted by Crippen LogP contribution is -2.10. The fourth-order valence-electron chi connectivity index (χ4n) is 1.65. The fourth-order valence-corrected chi connectivity index (χ4v) is 2.38. The summed E-state index contributed by atoms with van der Waals surface area (Å²) in [6, 6.07) is 4.04. The van der Waals surface area contributed by atoms with Gasteiger partial charge in [-0.05, 0) is 34.3 Å². The molecule has 0 radical (unpaired) electrons. The van der Waals surface area contributed by atoms with Crippen LogP contribution in [-0.2, 0) is 13.2 Å². The lowest BCUT2D eigenvalue weighted by Gasteiger charge is -2.09. The highest BCUT2D eigenvalue weighted by Gasteiger charge is 2.34. The van der Waals surface area contributed by atoms with Gasteiger partial charge in [-0.25, -0.2) is 14.6 Å². The highest BCUT2D eigenvalue weighted by Crippen LogP contribution is 2.33. The molecule has 23 heavy (non-hydrogen) atoms. The molecule has 0 amide bonds. The van der Waals surface area contributed by atoms with E-state index in [9.17, 15) is 13.2 Å². The van der Waals surface area contributed by atoms with Gasteiger partial charge >= 0.3 is 6.18 Å². The van der Waals surface area contributed by atoms with E-state index < -0.39 is 11.9 Å². The van der Waals surface area contributed by atoms with Crippen molar-refractivity contribution in [1.82, 2.24) is 35.2 Å². The van der Waals surface area contributed by atoms with Crippen molar-refractivity contribution < 1.29 is 13.2 Å². The summed E-state index contributed by atoms with van der Waals surface area (Å²) >= 11 is 0.915. The van der Waals surface area contributed by atoms with Gasteiger partial charge in [0, 0.05) is 31.1 Å². The van der Waals surface area contributed by atoms with Gasteiger partial charge in [-0.15, -0.1) is 5.10 Å². The van der Waals surface area contributed by atoms with Crippen LogP contribution in [0.5, 0.6) is 0 Å². The minimum absolute atomic E-state index is 0.0643. The largest absolute Gasteiger partial charge is 0.433 e. The van der Waals surface area contributed by atoms with Crippen LogP contribution in [-0.4, -0.2) is 35.2 Å². The Kier molecular flexibility index (Phi) is 3.94. The van der Waals surface area contributed by atoms with Crippen molar-refractivity contribution in [2.75, 3.05) is 0 Å². The van der Waals surface area contributed by atoms with Crippen LogP contribution < -0.4 is 0 Å². The molecule has 3 heterocycles. The molecule has 7 nitrogen and oxygen atoms in total. The third-order valence-electron chi connectivity index (χ3n) is 2.69. The lowest BCUT2D eigenvalue weighted by atomic mass is 10.2. The van der Waals surface area contributed by atoms with E-state index >= 15 is 0 Å². The molecule has 0 spiro atoms. The number of pyridine rings is 1. The Labute approximate surface area is 132 Å². The van der Waals surface area contributed by atoms with Crippen LogP contribution in [0.4, 0.5) is 13.2 Å². The van der Waals surface area contributed by atoms with Crippen LogP contribution in [0.1, 0.15) is 5.69 Å². The number of alkyl halides is 3. The van der Waals surface area contributed by atoms with Crippen LogP contribution in [0, 0.1) is 0 Å². The van der Waals surface area contributed by atoms with E-state index in [1.807, 2.05) is 0 Å². The predicted molar refractivity (Wildman–Crippen MR) is 73.2 cm³/mol. The van der Waals surface area contributed by atoms with E-state index in [0.717, 1.165) is 17.8 Å². The molecule has 0 fully saturated rings. The van der Waals surface area contributed by atoms with Crippen molar-refractivity contribution in [3.05, 3.63) is 36.3 Å². The summed E-state index contributed by atoms with van der Waals surface area (Å²) < 4.78 is 40.5. The number of hydrogen-bond acceptors (Lipinski definition) is 7. The van der Waals surface area contributed by atoms with E-state index in [0.29, 0.717) is 10.7 Å². The van der Waals surface area contributed by atoms with Gasteiger partial charge in [0.15, 0.2) is 5.82 Å². The van der Waals surface area contributed by atoms with Crippen LogP contribution in [0.25, 0.3) is 11.4 Å². The quantitative estimate of drug-likeness (QED) is 0.677. The Morgan fingerprint density at radius 2 is 2.04 bits per heavy atom. The van der Waals surface area contributed by atoms with E-state index in [2.05, 4.69) is 30.5 Å². The van der Waals surface area contributed by atoms with Gasteiger partial charge in [0.25, 0.3) is 0 Å². The average molecular weight is 339 g/mol. The molecule has 0 aromatic carbocycles. The number of rotatable bonds is 3. The Bertz CT molecular complexity index is 819. The maximum absolute atomic E-state index is 13.1. The maximum atomic E-state index is 13.1. The molecule has 0 aliphatic rings. The average Bonchev–Trinajstić information content (AvgIpc) is 2.92. The first kappa shape index (κ1) is 15.3. The zero-order valence-electron chi connectivity index (χ0n) is 11.6. The molecule has 3 aromatic heterocycles. The molecule has 0 aliphatic carbocycles. The van der Waals surface area contributed by atoms with Gasteiger partial charge in [-0.1, -0.05) is 0 Å². The zero-order valence-corrected chi connectivity index (χ0v) is 12.4. The molecule has 0 bridgehead atoms. The monoisotopic (exact) mass is 339 g/mol. The molecule has 0 aliphatic heterocycles. The van der Waals surface area contributed by atoms with Crippen molar-refractivity contribution in [2.24, 2.45) is 7.05 Å². The second-order valence-electron chi connectivity index (χ2n) is 4.34. The second-order valence-corrected chi connectivity index (χ2v) is 5.33. The summed E-state index contributed by atoms with van der Waals surface area (Å²) in [6.45, 7) is 0. The molecular formula is C12H8F3N7S. The first-order valence-electron chi connectivity index (χ1n) is 6.20. The number of hydrogen-bond donors (Lipinski definition) is 0. The van der Waals surface area contributed by atoms with Gasteiger partial charge in [0.2, 0.25) is 5.16 Å². The topological polar surface area (TPSA) is 82.3 Å². The van der Waals surface area contributed by atoms with Crippen LogP contribution in [0.3, 0.4) is 0 Å². The summed E-state index contributed by atoms with van der Waals surface area (Å²) in [5.74, 6) is -0.0643. The van der Waals surface area contributed by atoms with Gasteiger partial charge in [-0.2, -0.15) is 13.2 Å². The summed E-state index contributed by atoms with van der Waals surface area (Å²) in [4.78, 5) is 11.6. The molecule has 11 heteroatoms. The first-order valence-corrected chi connectivity index (χ1v) is 7.02. The standard InChI is InChI=1S/C12H8F3N7S/c1-22-11(19-20-21-22)23-9-5-8(12(13,14)15)17-10(18-9)7-3-2-4-16-6-7/h2-6H,1H3. The Balaban J connectivity index is 2.07. The zero-order chi connectivity index (χ0) is 16.4. The predicted octanol–water partition coefficient (Wildman–Crippen LogP) is 2.23. The first-order chi connectivity index (χ1) is 10.9. The third kappa shape index (κ3) is 3.44. The molecule has 3 rings (SSSR count). The van der Waals surface area contributed by atoms with Gasteiger partial charge in [0.1, 0.15) is 10.7 Å². The van der Waals surface area contributed by atoms with E-state index in [1.165, 1.54) is 17.1 Å². The Morgan fingerprint density at radius 1 is 1.22 bits per heavy atom. The molecule has 0 unspecified atom stereocenters. The van der Waals surface area contributed by atoms with Crippen LogP contribution in [0.2, 0.25) is 0 Å². The number of aryl methyl sites for hydroxylation is 1. The van der Waals surface area contributed by atoms with Gasteiger partial charge in [-0.3, -0.25) is 4.98 Å². The summed E-state index contributed by atoms with van der Waals surface area (Å²) in [5, 5.41) is 11.2. The van der Waals surface area contributed by atoms with Crippen molar-refractivity contribution in [3.8, 4) is 11.4 Å².